The lowest BCUT2D eigenvalue weighted by atomic mass is 9.80. The SMILES string of the molecule is CCCCCCCCCCCCc1c2c(c(CCCCCCCCCCCC)c3c1C(=C(C#N)C#N)C(C)=C3)C(=C(C#N)C#N)C(c1ccc(C)s1)=C2. The molecule has 2 aromatic rings. The average molecular weight is 725 g/mol. The summed E-state index contributed by atoms with van der Waals surface area (Å²) in [6.07, 6.45) is 31.0. The monoisotopic (exact) mass is 724 g/mol. The Balaban J connectivity index is 1.74. The molecular formula is C48H60N4S. The predicted molar refractivity (Wildman–Crippen MR) is 224 cm³/mol. The number of benzene rings is 1. The molecule has 0 N–H and O–H groups in total. The Morgan fingerprint density at radius 3 is 1.32 bits per heavy atom. The van der Waals surface area contributed by atoms with E-state index in [2.05, 4.69) is 69.3 Å². The zero-order valence-corrected chi connectivity index (χ0v) is 33.9. The maximum absolute atomic E-state index is 10.4. The van der Waals surface area contributed by atoms with Crippen LogP contribution in [-0.2, 0) is 12.8 Å². The maximum atomic E-state index is 10.4. The standard InChI is InChI=1S/C48H60N4S/c1-5-7-9-11-13-15-17-19-21-23-25-39-41-29-35(3)45(37(31-49)32-50)47(41)40(26-24-22-20-18-16-14-12-10-8-6-2)42-30-43(44-28-27-36(4)53-44)46(48(39)42)38(33-51)34-52/h27-30H,5-26H2,1-4H3. The smallest absolute Gasteiger partial charge is 0.138 e. The number of fused-ring (bicyclic) bond motifs is 2. The molecule has 5 heteroatoms. The van der Waals surface area contributed by atoms with Gasteiger partial charge in [-0.25, -0.2) is 0 Å². The first-order valence-corrected chi connectivity index (χ1v) is 21.6. The van der Waals surface area contributed by atoms with Crippen molar-refractivity contribution in [2.45, 2.75) is 169 Å². The predicted octanol–water partition coefficient (Wildman–Crippen LogP) is 14.6. The van der Waals surface area contributed by atoms with Crippen LogP contribution in [0.3, 0.4) is 0 Å². The summed E-state index contributed by atoms with van der Waals surface area (Å²) in [5.41, 5.74) is 10.3. The molecule has 0 fully saturated rings. The third-order valence-electron chi connectivity index (χ3n) is 11.1. The largest absolute Gasteiger partial charge is 0.192 e. The fourth-order valence-corrected chi connectivity index (χ4v) is 9.24. The van der Waals surface area contributed by atoms with Crippen molar-refractivity contribution in [3.63, 3.8) is 0 Å². The highest BCUT2D eigenvalue weighted by Crippen LogP contribution is 2.53. The van der Waals surface area contributed by atoms with Crippen LogP contribution in [0.15, 0.2) is 28.9 Å². The van der Waals surface area contributed by atoms with Crippen LogP contribution in [-0.4, -0.2) is 0 Å². The Morgan fingerprint density at radius 2 is 0.906 bits per heavy atom. The van der Waals surface area contributed by atoms with Crippen LogP contribution in [0, 0.1) is 52.2 Å². The van der Waals surface area contributed by atoms with Crippen LogP contribution in [0.1, 0.15) is 192 Å². The van der Waals surface area contributed by atoms with Crippen molar-refractivity contribution in [1.29, 1.82) is 21.0 Å². The van der Waals surface area contributed by atoms with Gasteiger partial charge in [-0.2, -0.15) is 21.0 Å². The van der Waals surface area contributed by atoms with Gasteiger partial charge in [0.2, 0.25) is 0 Å². The Morgan fingerprint density at radius 1 is 0.509 bits per heavy atom. The maximum Gasteiger partial charge on any atom is 0.138 e. The van der Waals surface area contributed by atoms with Gasteiger partial charge in [0.05, 0.1) is 0 Å². The second-order valence-corrected chi connectivity index (χ2v) is 16.4. The van der Waals surface area contributed by atoms with Crippen molar-refractivity contribution in [2.24, 2.45) is 0 Å². The lowest BCUT2D eigenvalue weighted by Crippen LogP contribution is -2.08. The number of hydrogen-bond donors (Lipinski definition) is 0. The Kier molecular flexibility index (Phi) is 17.4. The van der Waals surface area contributed by atoms with E-state index < -0.39 is 0 Å². The van der Waals surface area contributed by atoms with Crippen molar-refractivity contribution in [2.75, 3.05) is 0 Å². The van der Waals surface area contributed by atoms with E-state index in [4.69, 9.17) is 0 Å². The summed E-state index contributed by atoms with van der Waals surface area (Å²) in [6, 6.07) is 13.2. The van der Waals surface area contributed by atoms with Crippen molar-refractivity contribution in [3.8, 4) is 24.3 Å². The zero-order chi connectivity index (χ0) is 38.0. The molecule has 0 amide bonds. The highest BCUT2D eigenvalue weighted by atomic mass is 32.1. The molecule has 0 saturated heterocycles. The van der Waals surface area contributed by atoms with E-state index in [-0.39, 0.29) is 11.1 Å². The van der Waals surface area contributed by atoms with E-state index in [1.165, 1.54) is 108 Å². The lowest BCUT2D eigenvalue weighted by Gasteiger charge is -2.22. The number of thiophene rings is 1. The Hall–Kier alpha value is -4.16. The van der Waals surface area contributed by atoms with Gasteiger partial charge in [0, 0.05) is 26.5 Å². The van der Waals surface area contributed by atoms with Gasteiger partial charge in [-0.1, -0.05) is 135 Å². The zero-order valence-electron chi connectivity index (χ0n) is 33.1. The molecule has 1 heterocycles. The molecule has 53 heavy (non-hydrogen) atoms. The normalized spacial score (nSPS) is 12.8. The summed E-state index contributed by atoms with van der Waals surface area (Å²) in [7, 11) is 0. The Bertz CT molecular complexity index is 1840. The van der Waals surface area contributed by atoms with E-state index in [1.807, 2.05) is 6.92 Å². The highest BCUT2D eigenvalue weighted by molar-refractivity contribution is 7.13. The fraction of sp³-hybridized carbons (Fsp3) is 0.542. The summed E-state index contributed by atoms with van der Waals surface area (Å²) in [6.45, 7) is 8.63. The number of rotatable bonds is 23. The molecule has 0 aliphatic heterocycles. The summed E-state index contributed by atoms with van der Waals surface area (Å²) < 4.78 is 0. The summed E-state index contributed by atoms with van der Waals surface area (Å²) in [4.78, 5) is 2.24. The average Bonchev–Trinajstić information content (AvgIpc) is 3.87. The van der Waals surface area contributed by atoms with Crippen LogP contribution in [0.2, 0.25) is 0 Å². The van der Waals surface area contributed by atoms with Gasteiger partial charge in [-0.3, -0.25) is 0 Å². The van der Waals surface area contributed by atoms with Crippen molar-refractivity contribution in [1.82, 2.24) is 0 Å². The highest BCUT2D eigenvalue weighted by Gasteiger charge is 2.36. The molecule has 1 aromatic carbocycles. The molecule has 0 radical (unpaired) electrons. The van der Waals surface area contributed by atoms with Crippen LogP contribution >= 0.6 is 11.3 Å². The molecule has 278 valence electrons. The first-order valence-electron chi connectivity index (χ1n) is 20.7. The number of nitrogens with zero attached hydrogens (tertiary/aromatic N) is 4. The second kappa shape index (κ2) is 22.1. The van der Waals surface area contributed by atoms with E-state index in [0.29, 0.717) is 0 Å². The molecule has 0 spiro atoms. The van der Waals surface area contributed by atoms with Crippen LogP contribution in [0.25, 0.3) is 28.9 Å². The topological polar surface area (TPSA) is 95.2 Å². The fourth-order valence-electron chi connectivity index (χ4n) is 8.35. The van der Waals surface area contributed by atoms with Gasteiger partial charge >= 0.3 is 0 Å². The molecular weight excluding hydrogens is 665 g/mol. The second-order valence-electron chi connectivity index (χ2n) is 15.1. The summed E-state index contributed by atoms with van der Waals surface area (Å²) in [5, 5.41) is 41.1. The number of hydrogen-bond acceptors (Lipinski definition) is 5. The van der Waals surface area contributed by atoms with Gasteiger partial charge in [0.1, 0.15) is 35.4 Å². The number of nitriles is 4. The molecule has 0 bridgehead atoms. The summed E-state index contributed by atoms with van der Waals surface area (Å²) in [5.74, 6) is 0. The van der Waals surface area contributed by atoms with E-state index in [9.17, 15) is 21.0 Å². The number of aryl methyl sites for hydroxylation is 1. The molecule has 0 unspecified atom stereocenters. The van der Waals surface area contributed by atoms with Crippen LogP contribution in [0.4, 0.5) is 0 Å². The minimum absolute atomic E-state index is 0.152. The minimum Gasteiger partial charge on any atom is -0.192 e. The van der Waals surface area contributed by atoms with Crippen LogP contribution < -0.4 is 0 Å². The van der Waals surface area contributed by atoms with E-state index in [1.54, 1.807) is 11.3 Å². The minimum atomic E-state index is 0.152. The first-order chi connectivity index (χ1) is 25.9. The molecule has 2 aliphatic rings. The van der Waals surface area contributed by atoms with Gasteiger partial charge in [0.25, 0.3) is 0 Å². The van der Waals surface area contributed by atoms with Gasteiger partial charge in [0.15, 0.2) is 0 Å². The van der Waals surface area contributed by atoms with Gasteiger partial charge in [-0.05, 0) is 96.7 Å². The van der Waals surface area contributed by atoms with Crippen molar-refractivity contribution < 1.29 is 0 Å². The van der Waals surface area contributed by atoms with Gasteiger partial charge < -0.3 is 0 Å². The summed E-state index contributed by atoms with van der Waals surface area (Å²) >= 11 is 1.69. The molecule has 0 saturated carbocycles. The molecule has 1 aromatic heterocycles. The van der Waals surface area contributed by atoms with Gasteiger partial charge in [-0.15, -0.1) is 11.3 Å². The molecule has 4 nitrogen and oxygen atoms in total. The third kappa shape index (κ3) is 10.7. The molecule has 4 rings (SSSR count). The molecule has 0 atom stereocenters. The van der Waals surface area contributed by atoms with Crippen molar-refractivity contribution in [3.05, 3.63) is 72.0 Å². The lowest BCUT2D eigenvalue weighted by molar-refractivity contribution is 0.555. The third-order valence-corrected chi connectivity index (χ3v) is 12.2. The number of unbranched alkanes of at least 4 members (excludes halogenated alkanes) is 18. The van der Waals surface area contributed by atoms with Crippen molar-refractivity contribution >= 4 is 40.2 Å². The van der Waals surface area contributed by atoms with Crippen LogP contribution in [0.5, 0.6) is 0 Å². The number of allylic oxidation sites excluding steroid dienone is 6. The Labute approximate surface area is 325 Å². The van der Waals surface area contributed by atoms with E-state index >= 15 is 0 Å². The first kappa shape index (κ1) is 41.6. The quantitative estimate of drug-likeness (QED) is 0.0842. The molecule has 2 aliphatic carbocycles. The van der Waals surface area contributed by atoms with E-state index in [0.717, 1.165) is 99.1 Å².